The summed E-state index contributed by atoms with van der Waals surface area (Å²) in [4.78, 5) is 33.7. The van der Waals surface area contributed by atoms with Crippen LogP contribution in [-0.4, -0.2) is 30.6 Å². The van der Waals surface area contributed by atoms with Crippen molar-refractivity contribution in [1.29, 1.82) is 0 Å². The van der Waals surface area contributed by atoms with Crippen LogP contribution in [-0.2, 0) is 9.53 Å². The first-order valence-electron chi connectivity index (χ1n) is 6.48. The number of primary amides is 1. The lowest BCUT2D eigenvalue weighted by atomic mass is 10.2. The number of benzene rings is 1. The van der Waals surface area contributed by atoms with Crippen molar-refractivity contribution in [3.8, 4) is 5.75 Å². The molecule has 1 unspecified atom stereocenters. The maximum absolute atomic E-state index is 11.8. The summed E-state index contributed by atoms with van der Waals surface area (Å²) in [7, 11) is 0. The Kier molecular flexibility index (Phi) is 6.19. The Balaban J connectivity index is 2.58. The predicted octanol–water partition coefficient (Wildman–Crippen LogP) is 1.22. The predicted molar refractivity (Wildman–Crippen MR) is 74.8 cm³/mol. The lowest BCUT2D eigenvalue weighted by molar-refractivity contribution is -0.127. The van der Waals surface area contributed by atoms with E-state index in [1.165, 1.54) is 19.1 Å². The molecule has 0 aliphatic rings. The zero-order valence-electron chi connectivity index (χ0n) is 11.9. The molecule has 0 saturated heterocycles. The van der Waals surface area contributed by atoms with E-state index in [0.29, 0.717) is 12.4 Å². The van der Waals surface area contributed by atoms with Crippen LogP contribution in [0.5, 0.6) is 5.75 Å². The van der Waals surface area contributed by atoms with E-state index in [4.69, 9.17) is 15.2 Å². The number of amides is 3. The normalized spacial score (nSPS) is 11.3. The van der Waals surface area contributed by atoms with Gasteiger partial charge in [-0.15, -0.1) is 0 Å². The second kappa shape index (κ2) is 7.88. The minimum atomic E-state index is -1.12. The van der Waals surface area contributed by atoms with Gasteiger partial charge < -0.3 is 15.2 Å². The molecule has 1 aromatic rings. The fourth-order valence-corrected chi connectivity index (χ4v) is 1.41. The summed E-state index contributed by atoms with van der Waals surface area (Å²) in [5.74, 6) is -0.809. The summed E-state index contributed by atoms with van der Waals surface area (Å²) in [6.45, 7) is 3.92. The maximum Gasteiger partial charge on any atom is 0.338 e. The molecular formula is C14H18N2O5. The van der Waals surface area contributed by atoms with Crippen molar-refractivity contribution in [2.45, 2.75) is 26.4 Å². The topological polar surface area (TPSA) is 108 Å². The number of rotatable bonds is 6. The van der Waals surface area contributed by atoms with Crippen molar-refractivity contribution in [1.82, 2.24) is 5.32 Å². The van der Waals surface area contributed by atoms with Gasteiger partial charge in [0, 0.05) is 0 Å². The summed E-state index contributed by atoms with van der Waals surface area (Å²) >= 11 is 0. The molecule has 0 aliphatic carbocycles. The van der Waals surface area contributed by atoms with Gasteiger partial charge in [0.25, 0.3) is 5.91 Å². The number of nitrogens with two attached hydrogens (primary N) is 1. The summed E-state index contributed by atoms with van der Waals surface area (Å²) < 4.78 is 10.3. The second-order valence-electron chi connectivity index (χ2n) is 4.27. The van der Waals surface area contributed by atoms with Crippen molar-refractivity contribution < 1.29 is 23.9 Å². The average molecular weight is 294 g/mol. The minimum Gasteiger partial charge on any atom is -0.494 e. The van der Waals surface area contributed by atoms with Gasteiger partial charge in [-0.05, 0) is 37.6 Å². The lowest BCUT2D eigenvalue weighted by Crippen LogP contribution is -2.42. The molecular weight excluding hydrogens is 276 g/mol. The molecule has 21 heavy (non-hydrogen) atoms. The highest BCUT2D eigenvalue weighted by atomic mass is 16.5. The van der Waals surface area contributed by atoms with Crippen LogP contribution in [0.3, 0.4) is 0 Å². The van der Waals surface area contributed by atoms with E-state index in [1.807, 2.05) is 12.2 Å². The maximum atomic E-state index is 11.8. The lowest BCUT2D eigenvalue weighted by Gasteiger charge is -2.12. The average Bonchev–Trinajstić information content (AvgIpc) is 2.44. The van der Waals surface area contributed by atoms with E-state index in [9.17, 15) is 14.4 Å². The van der Waals surface area contributed by atoms with Crippen molar-refractivity contribution in [3.05, 3.63) is 29.8 Å². The van der Waals surface area contributed by atoms with Crippen LogP contribution in [0.15, 0.2) is 24.3 Å². The van der Waals surface area contributed by atoms with Crippen molar-refractivity contribution in [2.75, 3.05) is 6.61 Å². The van der Waals surface area contributed by atoms with Crippen LogP contribution < -0.4 is 15.8 Å². The Morgan fingerprint density at radius 1 is 1.24 bits per heavy atom. The number of carbonyl (C=O) groups is 3. The number of esters is 1. The minimum absolute atomic E-state index is 0.276. The first kappa shape index (κ1) is 16.5. The van der Waals surface area contributed by atoms with Crippen LogP contribution in [0.4, 0.5) is 4.79 Å². The molecule has 0 aliphatic heterocycles. The molecule has 0 bridgehead atoms. The van der Waals surface area contributed by atoms with Crippen molar-refractivity contribution in [2.24, 2.45) is 5.73 Å². The van der Waals surface area contributed by atoms with Gasteiger partial charge in [-0.25, -0.2) is 9.59 Å². The first-order chi connectivity index (χ1) is 9.93. The van der Waals surface area contributed by atoms with Gasteiger partial charge in [-0.1, -0.05) is 6.92 Å². The summed E-state index contributed by atoms with van der Waals surface area (Å²) in [6.07, 6.45) is -0.239. The summed E-state index contributed by atoms with van der Waals surface area (Å²) in [5.41, 5.74) is 5.08. The van der Waals surface area contributed by atoms with Crippen molar-refractivity contribution in [3.63, 3.8) is 0 Å². The van der Waals surface area contributed by atoms with Gasteiger partial charge >= 0.3 is 12.0 Å². The second-order valence-corrected chi connectivity index (χ2v) is 4.27. The Bertz CT molecular complexity index is 513. The van der Waals surface area contributed by atoms with Gasteiger partial charge in [0.2, 0.25) is 0 Å². The number of imide groups is 1. The largest absolute Gasteiger partial charge is 0.494 e. The highest BCUT2D eigenvalue weighted by Crippen LogP contribution is 2.13. The van der Waals surface area contributed by atoms with E-state index < -0.39 is 24.0 Å². The molecule has 114 valence electrons. The molecule has 7 nitrogen and oxygen atoms in total. The summed E-state index contributed by atoms with van der Waals surface area (Å²) in [6, 6.07) is 5.35. The van der Waals surface area contributed by atoms with Crippen LogP contribution in [0.2, 0.25) is 0 Å². The molecule has 1 rings (SSSR count). The zero-order chi connectivity index (χ0) is 15.8. The number of ether oxygens (including phenoxy) is 2. The molecule has 0 radical (unpaired) electrons. The van der Waals surface area contributed by atoms with E-state index in [2.05, 4.69) is 0 Å². The van der Waals surface area contributed by atoms with Crippen LogP contribution in [0.1, 0.15) is 30.6 Å². The summed E-state index contributed by atoms with van der Waals surface area (Å²) in [5, 5.41) is 1.83. The molecule has 1 atom stereocenters. The van der Waals surface area contributed by atoms with Gasteiger partial charge in [-0.2, -0.15) is 0 Å². The fourth-order valence-electron chi connectivity index (χ4n) is 1.41. The fraction of sp³-hybridized carbons (Fsp3) is 0.357. The first-order valence-corrected chi connectivity index (χ1v) is 6.48. The van der Waals surface area contributed by atoms with E-state index in [0.717, 1.165) is 6.42 Å². The van der Waals surface area contributed by atoms with Crippen LogP contribution >= 0.6 is 0 Å². The van der Waals surface area contributed by atoms with Gasteiger partial charge in [-0.3, -0.25) is 10.1 Å². The smallest absolute Gasteiger partial charge is 0.338 e. The SMILES string of the molecule is CCCOc1ccc(C(=O)OC(C)C(=O)NC(N)=O)cc1. The quantitative estimate of drug-likeness (QED) is 0.767. The Morgan fingerprint density at radius 2 is 1.86 bits per heavy atom. The van der Waals surface area contributed by atoms with Gasteiger partial charge in [0.15, 0.2) is 6.10 Å². The van der Waals surface area contributed by atoms with Gasteiger partial charge in [0.05, 0.1) is 12.2 Å². The molecule has 7 heteroatoms. The molecule has 0 fully saturated rings. The molecule has 0 aromatic heterocycles. The third-order valence-corrected chi connectivity index (χ3v) is 2.46. The molecule has 0 saturated carbocycles. The van der Waals surface area contributed by atoms with E-state index in [-0.39, 0.29) is 5.56 Å². The molecule has 3 N–H and O–H groups in total. The van der Waals surface area contributed by atoms with Crippen LogP contribution in [0, 0.1) is 0 Å². The van der Waals surface area contributed by atoms with E-state index in [1.54, 1.807) is 12.1 Å². The number of nitrogens with one attached hydrogen (secondary N) is 1. The number of hydrogen-bond donors (Lipinski definition) is 2. The molecule has 3 amide bonds. The Morgan fingerprint density at radius 3 is 2.38 bits per heavy atom. The third-order valence-electron chi connectivity index (χ3n) is 2.46. The Hall–Kier alpha value is -2.57. The van der Waals surface area contributed by atoms with Crippen molar-refractivity contribution >= 4 is 17.9 Å². The highest BCUT2D eigenvalue weighted by Gasteiger charge is 2.19. The third kappa shape index (κ3) is 5.52. The Labute approximate surface area is 122 Å². The highest BCUT2D eigenvalue weighted by molar-refractivity contribution is 5.98. The number of hydrogen-bond acceptors (Lipinski definition) is 5. The molecule has 0 spiro atoms. The van der Waals surface area contributed by atoms with E-state index >= 15 is 0 Å². The van der Waals surface area contributed by atoms with Gasteiger partial charge in [0.1, 0.15) is 5.75 Å². The van der Waals surface area contributed by atoms with Crippen LogP contribution in [0.25, 0.3) is 0 Å². The monoisotopic (exact) mass is 294 g/mol. The molecule has 1 aromatic carbocycles. The zero-order valence-corrected chi connectivity index (χ0v) is 11.9. The molecule has 0 heterocycles. The number of carbonyl (C=O) groups excluding carboxylic acids is 3. The number of urea groups is 1. The standard InChI is InChI=1S/C14H18N2O5/c1-3-8-20-11-6-4-10(5-7-11)13(18)21-9(2)12(17)16-14(15)19/h4-7,9H,3,8H2,1-2H3,(H3,15,16,17,19).